The van der Waals surface area contributed by atoms with Gasteiger partial charge in [-0.2, -0.15) is 0 Å². The molecule has 2 fully saturated rings. The molecular formula is C30H41Cl2FN4O4. The van der Waals surface area contributed by atoms with Gasteiger partial charge in [0, 0.05) is 56.5 Å². The molecule has 0 aromatic heterocycles. The minimum Gasteiger partial charge on any atom is -0.481 e. The summed E-state index contributed by atoms with van der Waals surface area (Å²) < 4.78 is 19.0. The van der Waals surface area contributed by atoms with E-state index >= 15 is 0 Å². The number of nitrogens with zero attached hydrogens (tertiary/aromatic N) is 3. The maximum Gasteiger partial charge on any atom is 0.315 e. The Kier molecular flexibility index (Phi) is 11.2. The van der Waals surface area contributed by atoms with E-state index in [4.69, 9.17) is 4.74 Å². The highest BCUT2D eigenvalue weighted by molar-refractivity contribution is 6.01. The zero-order valence-corrected chi connectivity index (χ0v) is 25.5. The molecule has 3 aliphatic rings. The monoisotopic (exact) mass is 610 g/mol. The van der Waals surface area contributed by atoms with Crippen molar-refractivity contribution < 1.29 is 23.8 Å². The van der Waals surface area contributed by atoms with Gasteiger partial charge in [0.25, 0.3) is 0 Å². The lowest BCUT2D eigenvalue weighted by molar-refractivity contribution is -0.142. The number of amides is 1. The maximum absolute atomic E-state index is 13.9. The first-order valence-electron chi connectivity index (χ1n) is 13.8. The van der Waals surface area contributed by atoms with Gasteiger partial charge in [-0.1, -0.05) is 24.3 Å². The topological polar surface area (TPSA) is 85.4 Å². The van der Waals surface area contributed by atoms with Gasteiger partial charge in [0.05, 0.1) is 19.8 Å². The van der Waals surface area contributed by atoms with Gasteiger partial charge in [-0.05, 0) is 62.1 Å². The second kappa shape index (κ2) is 13.8. The van der Waals surface area contributed by atoms with Crippen molar-refractivity contribution >= 4 is 42.4 Å². The summed E-state index contributed by atoms with van der Waals surface area (Å²) in [5.74, 6) is -1.32. The first kappa shape index (κ1) is 33.2. The Morgan fingerprint density at radius 2 is 1.80 bits per heavy atom. The number of rotatable bonds is 7. The normalized spacial score (nSPS) is 26.5. The smallest absolute Gasteiger partial charge is 0.315 e. The van der Waals surface area contributed by atoms with Crippen LogP contribution in [0.25, 0.3) is 0 Å². The van der Waals surface area contributed by atoms with E-state index in [1.165, 1.54) is 12.1 Å². The summed E-state index contributed by atoms with van der Waals surface area (Å²) in [6.45, 7) is 11.0. The molecule has 0 spiro atoms. The van der Waals surface area contributed by atoms with E-state index in [2.05, 4.69) is 29.0 Å². The van der Waals surface area contributed by atoms with Crippen LogP contribution in [0.3, 0.4) is 0 Å². The molecule has 226 valence electrons. The zero-order chi connectivity index (χ0) is 27.7. The number of hydrogen-bond donors (Lipinski definition) is 2. The van der Waals surface area contributed by atoms with Gasteiger partial charge >= 0.3 is 5.97 Å². The van der Waals surface area contributed by atoms with Crippen LogP contribution < -0.4 is 10.2 Å². The summed E-state index contributed by atoms with van der Waals surface area (Å²) in [5, 5.41) is 13.7. The molecule has 2 unspecified atom stereocenters. The predicted octanol–water partition coefficient (Wildman–Crippen LogP) is 3.33. The highest BCUT2D eigenvalue weighted by Crippen LogP contribution is 2.42. The van der Waals surface area contributed by atoms with Crippen molar-refractivity contribution in [2.45, 2.75) is 50.7 Å². The zero-order valence-electron chi connectivity index (χ0n) is 23.8. The van der Waals surface area contributed by atoms with Gasteiger partial charge in [0.15, 0.2) is 0 Å². The predicted molar refractivity (Wildman–Crippen MR) is 162 cm³/mol. The third kappa shape index (κ3) is 7.21. The van der Waals surface area contributed by atoms with Crippen LogP contribution in [-0.4, -0.2) is 97.4 Å². The van der Waals surface area contributed by atoms with Crippen LogP contribution in [-0.2, 0) is 26.2 Å². The number of carboxylic acids is 1. The Morgan fingerprint density at radius 3 is 2.49 bits per heavy atom. The number of hydrogen-bond acceptors (Lipinski definition) is 6. The minimum absolute atomic E-state index is 0. The summed E-state index contributed by atoms with van der Waals surface area (Å²) in [5.41, 5.74) is 2.02. The molecule has 3 aliphatic heterocycles. The fourth-order valence-corrected chi connectivity index (χ4v) is 6.07. The molecule has 2 aromatic rings. The first-order valence-corrected chi connectivity index (χ1v) is 13.8. The number of morpholine rings is 1. The van der Waals surface area contributed by atoms with Gasteiger partial charge in [-0.3, -0.25) is 19.4 Å². The molecule has 0 aliphatic carbocycles. The Labute approximate surface area is 254 Å². The number of anilines is 1. The molecule has 2 aromatic carbocycles. The Bertz CT molecular complexity index is 1220. The molecule has 5 rings (SSSR count). The quantitative estimate of drug-likeness (QED) is 0.497. The van der Waals surface area contributed by atoms with Gasteiger partial charge in [0.2, 0.25) is 5.91 Å². The molecule has 4 atom stereocenters. The van der Waals surface area contributed by atoms with Crippen molar-refractivity contribution in [2.75, 3.05) is 57.4 Å². The molecular weight excluding hydrogens is 570 g/mol. The van der Waals surface area contributed by atoms with E-state index in [0.29, 0.717) is 30.3 Å². The van der Waals surface area contributed by atoms with Gasteiger partial charge in [0.1, 0.15) is 11.2 Å². The van der Waals surface area contributed by atoms with Crippen LogP contribution in [0.2, 0.25) is 0 Å². The molecule has 0 saturated carbocycles. The molecule has 3 heterocycles. The lowest BCUT2D eigenvalue weighted by atomic mass is 9.84. The SMILES string of the molecule is CC1COCCN1C[C@H]1CN[C@H](C)CN1CC(=O)N1CC(C)(C(=O)O)c2ccc(Cc3ccc(F)cc3)cc21.Cl.Cl. The minimum atomic E-state index is -1.18. The fraction of sp³-hybridized carbons (Fsp3) is 0.533. The number of carbonyl (C=O) groups is 2. The summed E-state index contributed by atoms with van der Waals surface area (Å²) in [6, 6.07) is 12.8. The average Bonchev–Trinajstić information content (AvgIpc) is 3.21. The van der Waals surface area contributed by atoms with E-state index in [0.717, 1.165) is 43.9 Å². The number of ether oxygens (including phenoxy) is 1. The van der Waals surface area contributed by atoms with Crippen LogP contribution in [0.1, 0.15) is 37.5 Å². The number of piperazine rings is 1. The largest absolute Gasteiger partial charge is 0.481 e. The molecule has 41 heavy (non-hydrogen) atoms. The number of nitrogens with one attached hydrogen (secondary N) is 1. The molecule has 2 saturated heterocycles. The molecule has 11 heteroatoms. The maximum atomic E-state index is 13.9. The second-order valence-electron chi connectivity index (χ2n) is 11.6. The molecule has 2 N–H and O–H groups in total. The van der Waals surface area contributed by atoms with Gasteiger partial charge in [-0.25, -0.2) is 4.39 Å². The third-order valence-electron chi connectivity index (χ3n) is 8.53. The number of carboxylic acid groups (broad SMARTS) is 1. The summed E-state index contributed by atoms with van der Waals surface area (Å²) in [4.78, 5) is 32.6. The fourth-order valence-electron chi connectivity index (χ4n) is 6.07. The Hall–Kier alpha value is -2.27. The first-order chi connectivity index (χ1) is 18.6. The van der Waals surface area contributed by atoms with Crippen LogP contribution in [0.4, 0.5) is 10.1 Å². The second-order valence-corrected chi connectivity index (χ2v) is 11.6. The summed E-state index contributed by atoms with van der Waals surface area (Å²) >= 11 is 0. The number of fused-ring (bicyclic) bond motifs is 1. The van der Waals surface area contributed by atoms with Gasteiger partial charge in [-0.15, -0.1) is 24.8 Å². The highest BCUT2D eigenvalue weighted by atomic mass is 35.5. The van der Waals surface area contributed by atoms with Crippen LogP contribution in [0.5, 0.6) is 0 Å². The van der Waals surface area contributed by atoms with Crippen LogP contribution in [0, 0.1) is 5.82 Å². The number of aliphatic carboxylic acids is 1. The lowest BCUT2D eigenvalue weighted by Crippen LogP contribution is -2.62. The highest BCUT2D eigenvalue weighted by Gasteiger charge is 2.47. The third-order valence-corrected chi connectivity index (χ3v) is 8.53. The van der Waals surface area contributed by atoms with E-state index < -0.39 is 11.4 Å². The standard InChI is InChI=1S/C30H39FN4O4.2ClH/c1-20-15-34(25(14-32-20)16-33-10-11-39-18-21(33)2)17-28(36)35-19-30(3,29(37)38)26-9-6-23(13-27(26)35)12-22-4-7-24(31)8-5-22;;/h4-9,13,20-21,25,32H,10-12,14-19H2,1-3H3,(H,37,38);2*1H/t20-,21?,25-,30?;;/m1../s1. The van der Waals surface area contributed by atoms with Crippen molar-refractivity contribution in [2.24, 2.45) is 0 Å². The molecule has 0 bridgehead atoms. The summed E-state index contributed by atoms with van der Waals surface area (Å²) in [6.07, 6.45) is 0.564. The van der Waals surface area contributed by atoms with Crippen molar-refractivity contribution in [1.82, 2.24) is 15.1 Å². The van der Waals surface area contributed by atoms with Crippen molar-refractivity contribution in [3.05, 3.63) is 65.0 Å². The lowest BCUT2D eigenvalue weighted by Gasteiger charge is -2.43. The van der Waals surface area contributed by atoms with Crippen LogP contribution >= 0.6 is 24.8 Å². The molecule has 0 radical (unpaired) electrons. The Balaban J connectivity index is 0.00000231. The van der Waals surface area contributed by atoms with E-state index in [-0.39, 0.29) is 61.7 Å². The molecule has 8 nitrogen and oxygen atoms in total. The van der Waals surface area contributed by atoms with Crippen molar-refractivity contribution in [3.8, 4) is 0 Å². The van der Waals surface area contributed by atoms with Crippen LogP contribution in [0.15, 0.2) is 42.5 Å². The van der Waals surface area contributed by atoms with E-state index in [9.17, 15) is 19.1 Å². The average molecular weight is 612 g/mol. The number of carbonyl (C=O) groups excluding carboxylic acids is 1. The summed E-state index contributed by atoms with van der Waals surface area (Å²) in [7, 11) is 0. The van der Waals surface area contributed by atoms with Crippen molar-refractivity contribution in [3.63, 3.8) is 0 Å². The van der Waals surface area contributed by atoms with E-state index in [1.54, 1.807) is 24.0 Å². The Morgan fingerprint density at radius 1 is 1.10 bits per heavy atom. The van der Waals surface area contributed by atoms with Gasteiger partial charge < -0.3 is 20.1 Å². The number of halogens is 3. The number of benzene rings is 2. The van der Waals surface area contributed by atoms with Crippen molar-refractivity contribution in [1.29, 1.82) is 0 Å². The van der Waals surface area contributed by atoms with E-state index in [1.807, 2.05) is 18.2 Å². The molecule has 1 amide bonds.